The first kappa shape index (κ1) is 17.8. The molecule has 3 atom stereocenters. The molecule has 0 unspecified atom stereocenters. The maximum absolute atomic E-state index is 12.8. The van der Waals surface area contributed by atoms with Crippen LogP contribution in [-0.4, -0.2) is 42.4 Å². The summed E-state index contributed by atoms with van der Waals surface area (Å²) >= 11 is 0. The van der Waals surface area contributed by atoms with Gasteiger partial charge < -0.3 is 10.2 Å². The Balaban J connectivity index is 2.30. The van der Waals surface area contributed by atoms with Crippen molar-refractivity contribution in [1.82, 2.24) is 10.2 Å². The third-order valence-electron chi connectivity index (χ3n) is 4.44. The first-order chi connectivity index (χ1) is 11.6. The number of carbonyl (C=O) groups is 2. The molecule has 128 valence electrons. The largest absolute Gasteiger partial charge is 0.357 e. The molecule has 0 radical (unpaired) electrons. The van der Waals surface area contributed by atoms with Gasteiger partial charge in [-0.15, -0.1) is 0 Å². The first-order valence-electron chi connectivity index (χ1n) is 8.17. The topological polar surface area (TPSA) is 98.2 Å². The molecule has 7 nitrogen and oxygen atoms in total. The molecule has 2 amide bonds. The Morgan fingerprint density at radius 3 is 2.79 bits per heavy atom. The van der Waals surface area contributed by atoms with Crippen molar-refractivity contribution in [2.24, 2.45) is 11.0 Å². The smallest absolute Gasteiger partial charge is 0.242 e. The van der Waals surface area contributed by atoms with Gasteiger partial charge in [-0.3, -0.25) is 9.59 Å². The van der Waals surface area contributed by atoms with Crippen LogP contribution < -0.4 is 5.32 Å². The van der Waals surface area contributed by atoms with Gasteiger partial charge in [-0.25, -0.2) is 0 Å². The number of rotatable bonds is 5. The van der Waals surface area contributed by atoms with Gasteiger partial charge in [-0.1, -0.05) is 42.4 Å². The van der Waals surface area contributed by atoms with Gasteiger partial charge in [0.05, 0.1) is 0 Å². The molecule has 2 rings (SSSR count). The molecule has 1 N–H and O–H groups in total. The SMILES string of the molecule is CNC(=O)[C@H](Cc1ccccc1)N1CC[C@@H](C)C[C@H](N=[N+]=[N-])C1=O. The molecular formula is C17H23N5O2. The van der Waals surface area contributed by atoms with E-state index in [1.165, 1.54) is 0 Å². The summed E-state index contributed by atoms with van der Waals surface area (Å²) in [5, 5.41) is 6.30. The Morgan fingerprint density at radius 2 is 2.17 bits per heavy atom. The second kappa shape index (κ2) is 8.36. The summed E-state index contributed by atoms with van der Waals surface area (Å²) in [6.07, 6.45) is 1.74. The van der Waals surface area contributed by atoms with Crippen molar-refractivity contribution in [2.75, 3.05) is 13.6 Å². The van der Waals surface area contributed by atoms with Crippen molar-refractivity contribution in [3.8, 4) is 0 Å². The van der Waals surface area contributed by atoms with Gasteiger partial charge in [-0.2, -0.15) is 0 Å². The van der Waals surface area contributed by atoms with Crippen molar-refractivity contribution < 1.29 is 9.59 Å². The lowest BCUT2D eigenvalue weighted by Crippen LogP contribution is -2.52. The van der Waals surface area contributed by atoms with E-state index in [1.54, 1.807) is 11.9 Å². The number of benzene rings is 1. The number of nitrogens with one attached hydrogen (secondary N) is 1. The average molecular weight is 329 g/mol. The number of amides is 2. The monoisotopic (exact) mass is 329 g/mol. The van der Waals surface area contributed by atoms with Crippen LogP contribution in [-0.2, 0) is 16.0 Å². The van der Waals surface area contributed by atoms with Crippen LogP contribution in [0.15, 0.2) is 35.4 Å². The van der Waals surface area contributed by atoms with E-state index in [-0.39, 0.29) is 17.7 Å². The first-order valence-corrected chi connectivity index (χ1v) is 8.17. The fraction of sp³-hybridized carbons (Fsp3) is 0.529. The van der Waals surface area contributed by atoms with Gasteiger partial charge >= 0.3 is 0 Å². The number of hydrogen-bond acceptors (Lipinski definition) is 3. The number of nitrogens with zero attached hydrogens (tertiary/aromatic N) is 4. The predicted molar refractivity (Wildman–Crippen MR) is 91.0 cm³/mol. The maximum Gasteiger partial charge on any atom is 0.242 e. The van der Waals surface area contributed by atoms with Crippen LogP contribution in [0, 0.1) is 5.92 Å². The van der Waals surface area contributed by atoms with Gasteiger partial charge in [0.15, 0.2) is 0 Å². The number of likely N-dealkylation sites (N-methyl/N-ethyl adjacent to an activating group) is 1. The van der Waals surface area contributed by atoms with Crippen molar-refractivity contribution in [3.63, 3.8) is 0 Å². The molecule has 0 aliphatic carbocycles. The van der Waals surface area contributed by atoms with Crippen LogP contribution in [0.1, 0.15) is 25.3 Å². The number of likely N-dealkylation sites (tertiary alicyclic amines) is 1. The highest BCUT2D eigenvalue weighted by Gasteiger charge is 2.36. The average Bonchev–Trinajstić information content (AvgIpc) is 2.73. The minimum Gasteiger partial charge on any atom is -0.357 e. The van der Waals surface area contributed by atoms with E-state index < -0.39 is 12.1 Å². The highest BCUT2D eigenvalue weighted by molar-refractivity contribution is 5.90. The molecule has 1 aromatic rings. The highest BCUT2D eigenvalue weighted by Crippen LogP contribution is 2.23. The lowest BCUT2D eigenvalue weighted by molar-refractivity contribution is -0.140. The minimum atomic E-state index is -0.740. The second-order valence-electron chi connectivity index (χ2n) is 6.20. The summed E-state index contributed by atoms with van der Waals surface area (Å²) < 4.78 is 0. The molecule has 0 spiro atoms. The van der Waals surface area contributed by atoms with Gasteiger partial charge in [0.25, 0.3) is 0 Å². The van der Waals surface area contributed by atoms with E-state index in [9.17, 15) is 9.59 Å². The van der Waals surface area contributed by atoms with Crippen molar-refractivity contribution >= 4 is 11.8 Å². The number of hydrogen-bond donors (Lipinski definition) is 1. The summed E-state index contributed by atoms with van der Waals surface area (Å²) in [5.74, 6) is -0.209. The van der Waals surface area contributed by atoms with E-state index in [1.807, 2.05) is 37.3 Å². The number of carbonyl (C=O) groups excluding carboxylic acids is 2. The van der Waals surface area contributed by atoms with Crippen molar-refractivity contribution in [1.29, 1.82) is 0 Å². The van der Waals surface area contributed by atoms with Crippen LogP contribution >= 0.6 is 0 Å². The standard InChI is InChI=1S/C17H23N5O2/c1-12-8-9-22(17(24)14(10-12)20-21-18)15(16(23)19-2)11-13-6-4-3-5-7-13/h3-7,12,14-15H,8-11H2,1-2H3,(H,19,23)/t12-,14+,15+/m1/s1. The Kier molecular flexibility index (Phi) is 6.21. The Morgan fingerprint density at radius 1 is 1.46 bits per heavy atom. The third kappa shape index (κ3) is 4.26. The summed E-state index contributed by atoms with van der Waals surface area (Å²) in [6, 6.07) is 8.25. The Labute approximate surface area is 141 Å². The van der Waals surface area contributed by atoms with Gasteiger partial charge in [0, 0.05) is 24.9 Å². The minimum absolute atomic E-state index is 0.207. The van der Waals surface area contributed by atoms with Crippen LogP contribution in [0.5, 0.6) is 0 Å². The van der Waals surface area contributed by atoms with Crippen LogP contribution in [0.4, 0.5) is 0 Å². The molecule has 1 aromatic carbocycles. The van der Waals surface area contributed by atoms with E-state index in [0.717, 1.165) is 12.0 Å². The Bertz CT molecular complexity index is 627. The molecule has 0 bridgehead atoms. The number of azide groups is 1. The third-order valence-corrected chi connectivity index (χ3v) is 4.44. The lowest BCUT2D eigenvalue weighted by Gasteiger charge is -2.31. The molecule has 24 heavy (non-hydrogen) atoms. The highest BCUT2D eigenvalue weighted by atomic mass is 16.2. The summed E-state index contributed by atoms with van der Waals surface area (Å²) in [4.78, 5) is 29.6. The molecule has 0 saturated carbocycles. The van der Waals surface area contributed by atoms with Gasteiger partial charge in [0.1, 0.15) is 12.1 Å². The normalized spacial score (nSPS) is 22.2. The molecule has 1 saturated heterocycles. The summed E-state index contributed by atoms with van der Waals surface area (Å²) in [6.45, 7) is 2.52. The quantitative estimate of drug-likeness (QED) is 0.509. The maximum atomic E-state index is 12.8. The van der Waals surface area contributed by atoms with E-state index in [2.05, 4.69) is 15.3 Å². The van der Waals surface area contributed by atoms with Crippen molar-refractivity contribution in [3.05, 3.63) is 46.3 Å². The molecule has 1 fully saturated rings. The van der Waals surface area contributed by atoms with Crippen LogP contribution in [0.25, 0.3) is 10.4 Å². The second-order valence-corrected chi connectivity index (χ2v) is 6.20. The zero-order valence-corrected chi connectivity index (χ0v) is 14.1. The Hall–Kier alpha value is -2.53. The van der Waals surface area contributed by atoms with Crippen LogP contribution in [0.2, 0.25) is 0 Å². The van der Waals surface area contributed by atoms with Gasteiger partial charge in [0.2, 0.25) is 11.8 Å². The van der Waals surface area contributed by atoms with E-state index in [0.29, 0.717) is 19.4 Å². The molecular weight excluding hydrogens is 306 g/mol. The van der Waals surface area contributed by atoms with E-state index >= 15 is 0 Å². The summed E-state index contributed by atoms with van der Waals surface area (Å²) in [7, 11) is 1.57. The lowest BCUT2D eigenvalue weighted by atomic mass is 10.0. The molecule has 1 aliphatic heterocycles. The molecule has 7 heteroatoms. The van der Waals surface area contributed by atoms with Crippen LogP contribution in [0.3, 0.4) is 0 Å². The fourth-order valence-electron chi connectivity index (χ4n) is 3.08. The predicted octanol–water partition coefficient (Wildman–Crippen LogP) is 2.28. The zero-order chi connectivity index (χ0) is 17.5. The molecule has 1 aliphatic rings. The molecule has 0 aromatic heterocycles. The van der Waals surface area contributed by atoms with E-state index in [4.69, 9.17) is 5.53 Å². The fourth-order valence-corrected chi connectivity index (χ4v) is 3.08. The molecule has 1 heterocycles. The zero-order valence-electron chi connectivity index (χ0n) is 14.1. The summed E-state index contributed by atoms with van der Waals surface area (Å²) in [5.41, 5.74) is 9.72. The van der Waals surface area contributed by atoms with Crippen molar-refractivity contribution in [2.45, 2.75) is 38.3 Å². The van der Waals surface area contributed by atoms with Gasteiger partial charge in [-0.05, 0) is 29.9 Å².